The van der Waals surface area contributed by atoms with Gasteiger partial charge in [0.1, 0.15) is 17.2 Å². The van der Waals surface area contributed by atoms with E-state index in [1.165, 1.54) is 11.3 Å². The molecule has 2 aromatic rings. The molecule has 0 saturated carbocycles. The van der Waals surface area contributed by atoms with Gasteiger partial charge in [-0.2, -0.15) is 0 Å². The molecule has 0 spiro atoms. The molecule has 2 aliphatic heterocycles. The van der Waals surface area contributed by atoms with Crippen LogP contribution in [-0.2, 0) is 11.3 Å². The number of nitrogens with zero attached hydrogens (tertiary/aromatic N) is 3. The predicted octanol–water partition coefficient (Wildman–Crippen LogP) is 2.98. The molecule has 0 radical (unpaired) electrons. The molecule has 1 saturated heterocycles. The molecule has 1 amide bonds. The van der Waals surface area contributed by atoms with Gasteiger partial charge in [-0.15, -0.1) is 0 Å². The number of morpholine rings is 1. The van der Waals surface area contributed by atoms with Gasteiger partial charge >= 0.3 is 0 Å². The topological polar surface area (TPSA) is 54.9 Å². The minimum atomic E-state index is -0.00376. The number of fused-ring (bicyclic) bond motifs is 1. The van der Waals surface area contributed by atoms with Crippen LogP contribution in [0.2, 0.25) is 5.02 Å². The lowest BCUT2D eigenvalue weighted by Crippen LogP contribution is -2.36. The molecule has 138 valence electrons. The summed E-state index contributed by atoms with van der Waals surface area (Å²) in [6, 6.07) is 5.53. The highest BCUT2D eigenvalue weighted by molar-refractivity contribution is 7.17. The number of ether oxygens (including phenoxy) is 2. The molecule has 8 heteroatoms. The van der Waals surface area contributed by atoms with Crippen LogP contribution in [-0.4, -0.2) is 55.2 Å². The highest BCUT2D eigenvalue weighted by atomic mass is 35.5. The summed E-state index contributed by atoms with van der Waals surface area (Å²) in [5.41, 5.74) is 1.71. The van der Waals surface area contributed by atoms with Crippen molar-refractivity contribution in [2.24, 2.45) is 0 Å². The zero-order valence-electron chi connectivity index (χ0n) is 14.5. The number of thiazole rings is 1. The number of carbonyl (C=O) groups excluding carboxylic acids is 1. The Hall–Kier alpha value is -1.83. The first-order valence-electron chi connectivity index (χ1n) is 8.62. The van der Waals surface area contributed by atoms with Crippen molar-refractivity contribution < 1.29 is 14.3 Å². The number of hydrogen-bond donors (Lipinski definition) is 0. The Morgan fingerprint density at radius 1 is 1.23 bits per heavy atom. The fourth-order valence-electron chi connectivity index (χ4n) is 3.15. The average Bonchev–Trinajstić information content (AvgIpc) is 2.91. The second-order valence-corrected chi connectivity index (χ2v) is 7.75. The molecule has 6 nitrogen and oxygen atoms in total. The molecule has 3 heterocycles. The van der Waals surface area contributed by atoms with Gasteiger partial charge in [0.2, 0.25) is 0 Å². The molecule has 1 aromatic carbocycles. The van der Waals surface area contributed by atoms with E-state index in [0.29, 0.717) is 42.8 Å². The van der Waals surface area contributed by atoms with Crippen LogP contribution in [0.3, 0.4) is 0 Å². The van der Waals surface area contributed by atoms with Gasteiger partial charge in [-0.05, 0) is 25.1 Å². The Balaban J connectivity index is 1.56. The maximum absolute atomic E-state index is 13.1. The van der Waals surface area contributed by atoms with E-state index in [0.717, 1.165) is 35.2 Å². The monoisotopic (exact) mass is 393 g/mol. The van der Waals surface area contributed by atoms with Crippen LogP contribution >= 0.6 is 22.9 Å². The van der Waals surface area contributed by atoms with E-state index in [1.54, 1.807) is 6.07 Å². The number of amides is 1. The maximum atomic E-state index is 13.1. The Kier molecular flexibility index (Phi) is 5.02. The van der Waals surface area contributed by atoms with Gasteiger partial charge in [0.25, 0.3) is 5.91 Å². The maximum Gasteiger partial charge on any atom is 0.266 e. The summed E-state index contributed by atoms with van der Waals surface area (Å²) in [6.45, 7) is 6.40. The largest absolute Gasteiger partial charge is 0.491 e. The Labute approximate surface area is 161 Å². The zero-order valence-corrected chi connectivity index (χ0v) is 16.1. The van der Waals surface area contributed by atoms with Crippen molar-refractivity contribution in [1.29, 1.82) is 0 Å². The third kappa shape index (κ3) is 3.51. The van der Waals surface area contributed by atoms with Gasteiger partial charge < -0.3 is 19.3 Å². The molecule has 0 N–H and O–H groups in total. The summed E-state index contributed by atoms with van der Waals surface area (Å²) < 4.78 is 11.2. The van der Waals surface area contributed by atoms with Crippen molar-refractivity contribution in [1.82, 2.24) is 9.88 Å². The smallest absolute Gasteiger partial charge is 0.266 e. The molecule has 26 heavy (non-hydrogen) atoms. The lowest BCUT2D eigenvalue weighted by Gasteiger charge is -2.26. The van der Waals surface area contributed by atoms with E-state index in [9.17, 15) is 4.79 Å². The number of benzene rings is 1. The standard InChI is InChI=1S/C18H20ClN3O3S/c1-12-16(26-18(20-12)21-4-7-24-8-5-21)17(23)22-6-9-25-15-3-2-14(19)10-13(15)11-22/h2-3,10H,4-9,11H2,1H3. The SMILES string of the molecule is Cc1nc(N2CCOCC2)sc1C(=O)N1CCOc2ccc(Cl)cc2C1. The number of hydrogen-bond acceptors (Lipinski definition) is 6. The van der Waals surface area contributed by atoms with Crippen molar-refractivity contribution in [3.63, 3.8) is 0 Å². The average molecular weight is 394 g/mol. The molecular formula is C18H20ClN3O3S. The fourth-order valence-corrected chi connectivity index (χ4v) is 4.43. The number of rotatable bonds is 2. The molecule has 1 aromatic heterocycles. The van der Waals surface area contributed by atoms with Crippen LogP contribution < -0.4 is 9.64 Å². The number of carbonyl (C=O) groups is 1. The van der Waals surface area contributed by atoms with Crippen LogP contribution in [0.4, 0.5) is 5.13 Å². The second kappa shape index (κ2) is 7.42. The number of anilines is 1. The van der Waals surface area contributed by atoms with Gasteiger partial charge in [-0.1, -0.05) is 22.9 Å². The molecule has 4 rings (SSSR count). The van der Waals surface area contributed by atoms with Crippen LogP contribution in [0.25, 0.3) is 0 Å². The lowest BCUT2D eigenvalue weighted by molar-refractivity contribution is 0.0737. The van der Waals surface area contributed by atoms with Crippen molar-refractivity contribution in [2.45, 2.75) is 13.5 Å². The highest BCUT2D eigenvalue weighted by Gasteiger charge is 2.26. The number of aryl methyl sites for hydroxylation is 1. The van der Waals surface area contributed by atoms with Crippen LogP contribution in [0, 0.1) is 6.92 Å². The van der Waals surface area contributed by atoms with Gasteiger partial charge in [0, 0.05) is 30.2 Å². The first-order chi connectivity index (χ1) is 12.6. The molecular weight excluding hydrogens is 374 g/mol. The normalized spacial score (nSPS) is 17.5. The van der Waals surface area contributed by atoms with Gasteiger partial charge in [-0.3, -0.25) is 4.79 Å². The second-order valence-electron chi connectivity index (χ2n) is 6.34. The van der Waals surface area contributed by atoms with Gasteiger partial charge in [0.05, 0.1) is 25.5 Å². The van der Waals surface area contributed by atoms with E-state index < -0.39 is 0 Å². The van der Waals surface area contributed by atoms with E-state index in [1.807, 2.05) is 24.0 Å². The van der Waals surface area contributed by atoms with E-state index in [4.69, 9.17) is 21.1 Å². The summed E-state index contributed by atoms with van der Waals surface area (Å²) in [7, 11) is 0. The molecule has 1 fully saturated rings. The van der Waals surface area contributed by atoms with Crippen LogP contribution in [0.1, 0.15) is 20.9 Å². The quantitative estimate of drug-likeness (QED) is 0.785. The minimum absolute atomic E-state index is 0.00376. The summed E-state index contributed by atoms with van der Waals surface area (Å²) in [4.78, 5) is 22.4. The zero-order chi connectivity index (χ0) is 18.1. The highest BCUT2D eigenvalue weighted by Crippen LogP contribution is 2.30. The van der Waals surface area contributed by atoms with E-state index in [2.05, 4.69) is 9.88 Å². The molecule has 2 aliphatic rings. The third-order valence-corrected chi connectivity index (χ3v) is 5.99. The van der Waals surface area contributed by atoms with Crippen molar-refractivity contribution in [2.75, 3.05) is 44.4 Å². The molecule has 0 unspecified atom stereocenters. The summed E-state index contributed by atoms with van der Waals surface area (Å²) in [6.07, 6.45) is 0. The van der Waals surface area contributed by atoms with Crippen LogP contribution in [0.5, 0.6) is 5.75 Å². The van der Waals surface area contributed by atoms with Gasteiger partial charge in [-0.25, -0.2) is 4.98 Å². The summed E-state index contributed by atoms with van der Waals surface area (Å²) in [5.74, 6) is 0.788. The van der Waals surface area contributed by atoms with E-state index >= 15 is 0 Å². The van der Waals surface area contributed by atoms with Crippen molar-refractivity contribution in [3.8, 4) is 5.75 Å². The Morgan fingerprint density at radius 3 is 2.85 bits per heavy atom. The summed E-state index contributed by atoms with van der Waals surface area (Å²) in [5, 5.41) is 1.54. The first kappa shape index (κ1) is 17.6. The van der Waals surface area contributed by atoms with E-state index in [-0.39, 0.29) is 5.91 Å². The first-order valence-corrected chi connectivity index (χ1v) is 9.82. The lowest BCUT2D eigenvalue weighted by atomic mass is 10.2. The molecule has 0 bridgehead atoms. The Bertz CT molecular complexity index is 820. The number of aromatic nitrogens is 1. The third-order valence-electron chi connectivity index (χ3n) is 4.55. The van der Waals surface area contributed by atoms with Crippen LogP contribution in [0.15, 0.2) is 18.2 Å². The Morgan fingerprint density at radius 2 is 2.04 bits per heavy atom. The summed E-state index contributed by atoms with van der Waals surface area (Å²) >= 11 is 7.57. The minimum Gasteiger partial charge on any atom is -0.491 e. The van der Waals surface area contributed by atoms with Crippen molar-refractivity contribution in [3.05, 3.63) is 39.4 Å². The van der Waals surface area contributed by atoms with Gasteiger partial charge in [0.15, 0.2) is 5.13 Å². The molecule has 0 atom stereocenters. The predicted molar refractivity (Wildman–Crippen MR) is 102 cm³/mol. The fraction of sp³-hybridized carbons (Fsp3) is 0.444. The number of halogens is 1. The molecule has 0 aliphatic carbocycles. The van der Waals surface area contributed by atoms with Crippen molar-refractivity contribution >= 4 is 34.0 Å².